The fourth-order valence-electron chi connectivity index (χ4n) is 6.80. The first-order chi connectivity index (χ1) is 20.1. The molecule has 0 radical (unpaired) electrons. The van der Waals surface area contributed by atoms with Gasteiger partial charge in [-0.1, -0.05) is 30.3 Å². The molecule has 2 aromatic heterocycles. The molecule has 3 saturated carbocycles. The normalized spacial score (nSPS) is 23.3. The van der Waals surface area contributed by atoms with Gasteiger partial charge in [0.1, 0.15) is 5.82 Å². The molecule has 7 heteroatoms. The van der Waals surface area contributed by atoms with Crippen LogP contribution in [0, 0.1) is 11.3 Å². The summed E-state index contributed by atoms with van der Waals surface area (Å²) >= 11 is 0. The Morgan fingerprint density at radius 2 is 1.78 bits per heavy atom. The molecule has 2 bridgehead atoms. The van der Waals surface area contributed by atoms with Crippen LogP contribution in [-0.4, -0.2) is 46.9 Å². The van der Waals surface area contributed by atoms with Gasteiger partial charge in [-0.05, 0) is 80.7 Å². The lowest BCUT2D eigenvalue weighted by molar-refractivity contribution is -0.0589. The van der Waals surface area contributed by atoms with E-state index >= 15 is 0 Å². The van der Waals surface area contributed by atoms with E-state index in [1.54, 1.807) is 6.07 Å². The van der Waals surface area contributed by atoms with Crippen LogP contribution in [0.4, 0.5) is 0 Å². The van der Waals surface area contributed by atoms with Gasteiger partial charge >= 0.3 is 5.97 Å². The highest BCUT2D eigenvalue weighted by molar-refractivity contribution is 5.93. The Kier molecular flexibility index (Phi) is 6.99. The van der Waals surface area contributed by atoms with E-state index in [0.717, 1.165) is 59.2 Å². The quantitative estimate of drug-likeness (QED) is 0.218. The largest absolute Gasteiger partial charge is 0.477 e. The van der Waals surface area contributed by atoms with Crippen LogP contribution < -0.4 is 4.74 Å². The Labute approximate surface area is 240 Å². The fourth-order valence-corrected chi connectivity index (χ4v) is 6.80. The summed E-state index contributed by atoms with van der Waals surface area (Å²) in [5.74, 6) is 2.28. The van der Waals surface area contributed by atoms with Gasteiger partial charge in [0.25, 0.3) is 0 Å². The van der Waals surface area contributed by atoms with Crippen LogP contribution in [0.5, 0.6) is 5.88 Å². The fraction of sp³-hybridized carbons (Fsp3) is 0.441. The van der Waals surface area contributed by atoms with Crippen molar-refractivity contribution in [3.63, 3.8) is 0 Å². The van der Waals surface area contributed by atoms with Crippen molar-refractivity contribution in [1.82, 2.24) is 14.5 Å². The van der Waals surface area contributed by atoms with Crippen LogP contribution in [0.25, 0.3) is 22.3 Å². The Balaban J connectivity index is 1.08. The van der Waals surface area contributed by atoms with Crippen molar-refractivity contribution in [2.45, 2.75) is 64.0 Å². The van der Waals surface area contributed by atoms with Crippen molar-refractivity contribution in [3.8, 4) is 17.1 Å². The predicted molar refractivity (Wildman–Crippen MR) is 157 cm³/mol. The predicted octanol–water partition coefficient (Wildman–Crippen LogP) is 6.61. The van der Waals surface area contributed by atoms with Crippen molar-refractivity contribution in [1.29, 1.82) is 0 Å². The van der Waals surface area contributed by atoms with E-state index in [2.05, 4.69) is 28.8 Å². The van der Waals surface area contributed by atoms with E-state index in [-0.39, 0.29) is 12.1 Å². The molecule has 0 spiro atoms. The lowest BCUT2D eigenvalue weighted by atomic mass is 9.61. The molecule has 3 aliphatic carbocycles. The van der Waals surface area contributed by atoms with E-state index in [1.807, 2.05) is 30.3 Å². The highest BCUT2D eigenvalue weighted by Gasteiger charge is 2.41. The van der Waals surface area contributed by atoms with Crippen LogP contribution in [0.15, 0.2) is 60.7 Å². The lowest BCUT2D eigenvalue weighted by Gasteiger charge is -2.46. The molecule has 0 N–H and O–H groups in total. The molecule has 2 aromatic carbocycles. The van der Waals surface area contributed by atoms with E-state index in [1.165, 1.54) is 45.6 Å². The topological polar surface area (TPSA) is 75.5 Å². The van der Waals surface area contributed by atoms with Gasteiger partial charge in [-0.3, -0.25) is 0 Å². The summed E-state index contributed by atoms with van der Waals surface area (Å²) in [6.07, 6.45) is 9.86. The van der Waals surface area contributed by atoms with Gasteiger partial charge in [0.15, 0.2) is 0 Å². The van der Waals surface area contributed by atoms with Gasteiger partial charge in [-0.2, -0.15) is 0 Å². The van der Waals surface area contributed by atoms with Crippen molar-refractivity contribution in [3.05, 3.63) is 77.6 Å². The van der Waals surface area contributed by atoms with Crippen LogP contribution in [-0.2, 0) is 22.4 Å². The summed E-state index contributed by atoms with van der Waals surface area (Å²) in [5, 5.41) is 0. The van der Waals surface area contributed by atoms with Gasteiger partial charge < -0.3 is 18.8 Å². The second kappa shape index (κ2) is 10.9. The maximum absolute atomic E-state index is 12.2. The summed E-state index contributed by atoms with van der Waals surface area (Å²) in [7, 11) is 1.40. The SMILES string of the molecule is COC(=O)c1ccc2nc(Cc3ccc(-c4cccc(OCC56CCC(CC5)CC6)n4)cc3)n(CC3CCO3)c2c1. The third-order valence-electron chi connectivity index (χ3n) is 9.54. The number of carbonyl (C=O) groups is 1. The minimum absolute atomic E-state index is 0.170. The molecule has 4 aromatic rings. The Morgan fingerprint density at radius 1 is 1.00 bits per heavy atom. The van der Waals surface area contributed by atoms with Gasteiger partial charge in [-0.25, -0.2) is 14.8 Å². The van der Waals surface area contributed by atoms with E-state index in [0.29, 0.717) is 29.8 Å². The highest BCUT2D eigenvalue weighted by Crippen LogP contribution is 2.50. The van der Waals surface area contributed by atoms with E-state index in [9.17, 15) is 4.79 Å². The standard InChI is InChI=1S/C34H37N3O4/c1-39-33(38)26-9-10-29-30(20-26)37(21-27-14-18-40-27)31(35-29)19-24-5-7-25(8-6-24)28-3-2-4-32(36-28)41-22-34-15-11-23(12-16-34)13-17-34/h2-10,20,23,27H,11-19,21-22H2,1H3. The molecule has 1 saturated heterocycles. The van der Waals surface area contributed by atoms with Crippen LogP contribution >= 0.6 is 0 Å². The van der Waals surface area contributed by atoms with Gasteiger partial charge in [0.2, 0.25) is 5.88 Å². The number of nitrogens with zero attached hydrogens (tertiary/aromatic N) is 3. The second-order valence-corrected chi connectivity index (χ2v) is 12.1. The molecular formula is C34H37N3O4. The summed E-state index contributed by atoms with van der Waals surface area (Å²) in [6, 6.07) is 20.1. The van der Waals surface area contributed by atoms with Crippen LogP contribution in [0.1, 0.15) is 66.7 Å². The Hall–Kier alpha value is -3.71. The first-order valence-electron chi connectivity index (χ1n) is 15.0. The molecule has 8 rings (SSSR count). The average Bonchev–Trinajstić information content (AvgIpc) is 3.34. The molecule has 1 atom stereocenters. The molecule has 0 amide bonds. The number of rotatable bonds is 9. The number of pyridine rings is 1. The monoisotopic (exact) mass is 551 g/mol. The number of imidazole rings is 1. The number of benzene rings is 2. The summed E-state index contributed by atoms with van der Waals surface area (Å²) in [5.41, 5.74) is 5.82. The maximum Gasteiger partial charge on any atom is 0.337 e. The minimum atomic E-state index is -0.347. The molecular weight excluding hydrogens is 514 g/mol. The molecule has 3 heterocycles. The number of ether oxygens (including phenoxy) is 3. The molecule has 1 unspecified atom stereocenters. The third-order valence-corrected chi connectivity index (χ3v) is 9.54. The minimum Gasteiger partial charge on any atom is -0.477 e. The molecule has 41 heavy (non-hydrogen) atoms. The van der Waals surface area contributed by atoms with Gasteiger partial charge in [-0.15, -0.1) is 0 Å². The van der Waals surface area contributed by atoms with Crippen molar-refractivity contribution < 1.29 is 19.0 Å². The highest BCUT2D eigenvalue weighted by atomic mass is 16.5. The number of carbonyl (C=O) groups excluding carboxylic acids is 1. The van der Waals surface area contributed by atoms with Gasteiger partial charge in [0, 0.05) is 30.1 Å². The zero-order valence-electron chi connectivity index (χ0n) is 23.7. The first-order valence-corrected chi connectivity index (χ1v) is 15.0. The van der Waals surface area contributed by atoms with Crippen molar-refractivity contribution in [2.75, 3.05) is 20.3 Å². The molecule has 1 aliphatic heterocycles. The van der Waals surface area contributed by atoms with Crippen LogP contribution in [0.3, 0.4) is 0 Å². The van der Waals surface area contributed by atoms with E-state index < -0.39 is 0 Å². The number of esters is 1. The summed E-state index contributed by atoms with van der Waals surface area (Å²) in [6.45, 7) is 2.29. The number of aromatic nitrogens is 3. The van der Waals surface area contributed by atoms with Crippen molar-refractivity contribution >= 4 is 17.0 Å². The van der Waals surface area contributed by atoms with Crippen LogP contribution in [0.2, 0.25) is 0 Å². The summed E-state index contributed by atoms with van der Waals surface area (Å²) in [4.78, 5) is 22.0. The number of hydrogen-bond donors (Lipinski definition) is 0. The van der Waals surface area contributed by atoms with Crippen molar-refractivity contribution in [2.24, 2.45) is 11.3 Å². The second-order valence-electron chi connectivity index (χ2n) is 12.1. The Morgan fingerprint density at radius 3 is 2.49 bits per heavy atom. The molecule has 212 valence electrons. The molecule has 7 nitrogen and oxygen atoms in total. The zero-order chi connectivity index (χ0) is 27.8. The average molecular weight is 552 g/mol. The maximum atomic E-state index is 12.2. The molecule has 4 fully saturated rings. The number of hydrogen-bond acceptors (Lipinski definition) is 6. The first kappa shape index (κ1) is 26.2. The Bertz CT molecular complexity index is 1530. The molecule has 4 aliphatic rings. The van der Waals surface area contributed by atoms with E-state index in [4.69, 9.17) is 24.2 Å². The smallest absolute Gasteiger partial charge is 0.337 e. The summed E-state index contributed by atoms with van der Waals surface area (Å²) < 4.78 is 19.2. The van der Waals surface area contributed by atoms with Gasteiger partial charge in [0.05, 0.1) is 48.7 Å². The zero-order valence-corrected chi connectivity index (χ0v) is 23.7. The lowest BCUT2D eigenvalue weighted by Crippen LogP contribution is -2.38. The number of fused-ring (bicyclic) bond motifs is 4. The third kappa shape index (κ3) is 5.35. The number of methoxy groups -OCH3 is 1.